The predicted octanol–water partition coefficient (Wildman–Crippen LogP) is 2.40. The van der Waals surface area contributed by atoms with Crippen molar-refractivity contribution >= 4 is 11.8 Å². The van der Waals surface area contributed by atoms with E-state index in [0.717, 1.165) is 25.0 Å². The van der Waals surface area contributed by atoms with Gasteiger partial charge in [-0.3, -0.25) is 0 Å². The summed E-state index contributed by atoms with van der Waals surface area (Å²) in [4.78, 5) is 19.6. The molecule has 0 unspecified atom stereocenters. The number of hydrogen-bond acceptors (Lipinski definition) is 4. The van der Waals surface area contributed by atoms with Gasteiger partial charge in [-0.15, -0.1) is 0 Å². The van der Waals surface area contributed by atoms with Crippen LogP contribution < -0.4 is 5.32 Å². The van der Waals surface area contributed by atoms with Crippen molar-refractivity contribution in [3.05, 3.63) is 17.6 Å². The van der Waals surface area contributed by atoms with E-state index in [4.69, 9.17) is 5.11 Å². The van der Waals surface area contributed by atoms with Crippen molar-refractivity contribution in [3.63, 3.8) is 0 Å². The first-order valence-electron chi connectivity index (χ1n) is 6.40. The fraction of sp³-hybridized carbons (Fsp3) is 0.615. The SMILES string of the molecule is CCCC[C@H](Nc1cc(CC)nc(C)n1)C(=O)O. The molecule has 0 radical (unpaired) electrons. The molecular weight excluding hydrogens is 230 g/mol. The summed E-state index contributed by atoms with van der Waals surface area (Å²) >= 11 is 0. The van der Waals surface area contributed by atoms with Crippen LogP contribution in [0.5, 0.6) is 0 Å². The Hall–Kier alpha value is -1.65. The van der Waals surface area contributed by atoms with Gasteiger partial charge in [0.25, 0.3) is 0 Å². The molecule has 0 fully saturated rings. The molecule has 5 heteroatoms. The Kier molecular flexibility index (Phi) is 5.55. The van der Waals surface area contributed by atoms with E-state index in [-0.39, 0.29) is 0 Å². The number of rotatable bonds is 7. The summed E-state index contributed by atoms with van der Waals surface area (Å²) in [5.74, 6) is 0.428. The van der Waals surface area contributed by atoms with Crippen LogP contribution >= 0.6 is 0 Å². The van der Waals surface area contributed by atoms with Crippen molar-refractivity contribution < 1.29 is 9.90 Å². The van der Waals surface area contributed by atoms with Crippen molar-refractivity contribution in [2.45, 2.75) is 52.5 Å². The number of aliphatic carboxylic acids is 1. The van der Waals surface area contributed by atoms with Crippen LogP contribution in [0.3, 0.4) is 0 Å². The topological polar surface area (TPSA) is 75.1 Å². The van der Waals surface area contributed by atoms with Gasteiger partial charge in [-0.05, 0) is 19.8 Å². The van der Waals surface area contributed by atoms with Gasteiger partial charge < -0.3 is 10.4 Å². The molecular formula is C13H21N3O2. The number of aromatic nitrogens is 2. The quantitative estimate of drug-likeness (QED) is 0.778. The van der Waals surface area contributed by atoms with Gasteiger partial charge in [0.2, 0.25) is 0 Å². The van der Waals surface area contributed by atoms with Gasteiger partial charge in [0, 0.05) is 11.8 Å². The fourth-order valence-electron chi connectivity index (χ4n) is 1.73. The second-order valence-electron chi connectivity index (χ2n) is 4.32. The molecule has 0 aliphatic carbocycles. The summed E-state index contributed by atoms with van der Waals surface area (Å²) in [7, 11) is 0. The van der Waals surface area contributed by atoms with Gasteiger partial charge in [0.15, 0.2) is 0 Å². The van der Waals surface area contributed by atoms with E-state index in [2.05, 4.69) is 15.3 Å². The van der Waals surface area contributed by atoms with Crippen LogP contribution in [0.25, 0.3) is 0 Å². The Morgan fingerprint density at radius 2 is 2.17 bits per heavy atom. The number of carbonyl (C=O) groups is 1. The van der Waals surface area contributed by atoms with Crippen LogP contribution in [0, 0.1) is 6.92 Å². The number of aryl methyl sites for hydroxylation is 2. The zero-order valence-electron chi connectivity index (χ0n) is 11.2. The van der Waals surface area contributed by atoms with E-state index in [1.54, 1.807) is 0 Å². The van der Waals surface area contributed by atoms with Crippen LogP contribution in [-0.2, 0) is 11.2 Å². The highest BCUT2D eigenvalue weighted by molar-refractivity contribution is 5.76. The summed E-state index contributed by atoms with van der Waals surface area (Å²) < 4.78 is 0. The number of carboxylic acid groups (broad SMARTS) is 1. The molecule has 1 aromatic heterocycles. The lowest BCUT2D eigenvalue weighted by Gasteiger charge is -2.15. The number of anilines is 1. The molecule has 1 rings (SSSR count). The molecule has 1 atom stereocenters. The highest BCUT2D eigenvalue weighted by atomic mass is 16.4. The number of nitrogens with one attached hydrogen (secondary N) is 1. The molecule has 0 saturated heterocycles. The Balaban J connectivity index is 2.79. The lowest BCUT2D eigenvalue weighted by atomic mass is 10.1. The summed E-state index contributed by atoms with van der Waals surface area (Å²) in [6.07, 6.45) is 3.28. The molecule has 5 nitrogen and oxygen atoms in total. The third-order valence-electron chi connectivity index (χ3n) is 2.72. The van der Waals surface area contributed by atoms with Crippen molar-refractivity contribution in [1.29, 1.82) is 0 Å². The minimum atomic E-state index is -0.835. The second kappa shape index (κ2) is 6.93. The van der Waals surface area contributed by atoms with Crippen LogP contribution in [-0.4, -0.2) is 27.1 Å². The largest absolute Gasteiger partial charge is 0.480 e. The average molecular weight is 251 g/mol. The maximum Gasteiger partial charge on any atom is 0.326 e. The van der Waals surface area contributed by atoms with Crippen LogP contribution in [0.15, 0.2) is 6.07 Å². The monoisotopic (exact) mass is 251 g/mol. The van der Waals surface area contributed by atoms with E-state index in [1.165, 1.54) is 0 Å². The minimum absolute atomic E-state index is 0.580. The Bertz CT molecular complexity index is 407. The number of carboxylic acids is 1. The molecule has 0 amide bonds. The van der Waals surface area contributed by atoms with Crippen LogP contribution in [0.2, 0.25) is 0 Å². The van der Waals surface area contributed by atoms with Gasteiger partial charge in [-0.1, -0.05) is 26.7 Å². The molecule has 0 bridgehead atoms. The van der Waals surface area contributed by atoms with Gasteiger partial charge >= 0.3 is 5.97 Å². The Labute approximate surface area is 108 Å². The maximum atomic E-state index is 11.1. The predicted molar refractivity (Wildman–Crippen MR) is 70.7 cm³/mol. The van der Waals surface area contributed by atoms with Crippen LogP contribution in [0.4, 0.5) is 5.82 Å². The van der Waals surface area contributed by atoms with E-state index in [9.17, 15) is 4.79 Å². The van der Waals surface area contributed by atoms with Gasteiger partial charge in [-0.2, -0.15) is 0 Å². The van der Waals surface area contributed by atoms with E-state index in [0.29, 0.717) is 18.1 Å². The molecule has 1 aromatic rings. The Morgan fingerprint density at radius 3 is 2.72 bits per heavy atom. The normalized spacial score (nSPS) is 12.2. The second-order valence-corrected chi connectivity index (χ2v) is 4.32. The van der Waals surface area contributed by atoms with E-state index < -0.39 is 12.0 Å². The molecule has 1 heterocycles. The molecule has 0 aliphatic heterocycles. The molecule has 100 valence electrons. The van der Waals surface area contributed by atoms with Crippen molar-refractivity contribution in [3.8, 4) is 0 Å². The number of hydrogen-bond donors (Lipinski definition) is 2. The van der Waals surface area contributed by atoms with Gasteiger partial charge in [-0.25, -0.2) is 14.8 Å². The summed E-state index contributed by atoms with van der Waals surface area (Å²) in [6, 6.07) is 1.23. The fourth-order valence-corrected chi connectivity index (χ4v) is 1.73. The van der Waals surface area contributed by atoms with Gasteiger partial charge in [0.05, 0.1) is 0 Å². The molecule has 0 saturated carbocycles. The summed E-state index contributed by atoms with van der Waals surface area (Å²) in [5, 5.41) is 12.1. The molecule has 18 heavy (non-hydrogen) atoms. The third-order valence-corrected chi connectivity index (χ3v) is 2.72. The number of unbranched alkanes of at least 4 members (excludes halogenated alkanes) is 1. The van der Waals surface area contributed by atoms with Crippen molar-refractivity contribution in [2.75, 3.05) is 5.32 Å². The first kappa shape index (κ1) is 14.4. The average Bonchev–Trinajstić information content (AvgIpc) is 2.33. The first-order valence-corrected chi connectivity index (χ1v) is 6.40. The smallest absolute Gasteiger partial charge is 0.326 e. The molecule has 2 N–H and O–H groups in total. The summed E-state index contributed by atoms with van der Waals surface area (Å²) in [6.45, 7) is 5.87. The zero-order chi connectivity index (χ0) is 13.5. The van der Waals surface area contributed by atoms with Crippen molar-refractivity contribution in [2.24, 2.45) is 0 Å². The van der Waals surface area contributed by atoms with Crippen molar-refractivity contribution in [1.82, 2.24) is 9.97 Å². The summed E-state index contributed by atoms with van der Waals surface area (Å²) in [5.41, 5.74) is 0.921. The minimum Gasteiger partial charge on any atom is -0.480 e. The van der Waals surface area contributed by atoms with E-state index in [1.807, 2.05) is 26.8 Å². The lowest BCUT2D eigenvalue weighted by Crippen LogP contribution is -2.29. The molecule has 0 aliphatic rings. The standard InChI is InChI=1S/C13H21N3O2/c1-4-6-7-11(13(17)18)16-12-8-10(5-2)14-9(3)15-12/h8,11H,4-7H2,1-3H3,(H,17,18)(H,14,15,16)/t11-/m0/s1. The highest BCUT2D eigenvalue weighted by Gasteiger charge is 2.17. The third kappa shape index (κ3) is 4.31. The first-order chi connectivity index (χ1) is 8.56. The van der Waals surface area contributed by atoms with Crippen LogP contribution in [0.1, 0.15) is 44.6 Å². The lowest BCUT2D eigenvalue weighted by molar-refractivity contribution is -0.138. The van der Waals surface area contributed by atoms with Gasteiger partial charge in [0.1, 0.15) is 17.7 Å². The maximum absolute atomic E-state index is 11.1. The Morgan fingerprint density at radius 1 is 1.44 bits per heavy atom. The van der Waals surface area contributed by atoms with E-state index >= 15 is 0 Å². The number of nitrogens with zero attached hydrogens (tertiary/aromatic N) is 2. The molecule has 0 aromatic carbocycles. The zero-order valence-corrected chi connectivity index (χ0v) is 11.2. The molecule has 0 spiro atoms. The highest BCUT2D eigenvalue weighted by Crippen LogP contribution is 2.12.